The molecule has 0 amide bonds. The molecule has 1 unspecified atom stereocenters. The molecule has 1 aliphatic heterocycles. The number of hydrogen-bond acceptors (Lipinski definition) is 4. The number of anilines is 1. The molecule has 0 aliphatic carbocycles. The molecule has 1 aromatic rings. The average Bonchev–Trinajstić information content (AvgIpc) is 2.19. The van der Waals surface area contributed by atoms with Crippen LogP contribution in [0.15, 0.2) is 23.1 Å². The molecule has 88 valence electrons. The summed E-state index contributed by atoms with van der Waals surface area (Å²) in [5.74, 6) is 0.140. The van der Waals surface area contributed by atoms with Gasteiger partial charge in [-0.2, -0.15) is 0 Å². The Labute approximate surface area is 95.8 Å². The van der Waals surface area contributed by atoms with Gasteiger partial charge in [-0.25, -0.2) is 8.42 Å². The topological polar surface area (TPSA) is 72.2 Å². The molecule has 4 nitrogen and oxygen atoms in total. The van der Waals surface area contributed by atoms with Crippen molar-refractivity contribution >= 4 is 15.5 Å². The second kappa shape index (κ2) is 4.07. The Morgan fingerprint density at radius 1 is 1.50 bits per heavy atom. The van der Waals surface area contributed by atoms with Crippen molar-refractivity contribution < 1.29 is 8.42 Å². The van der Waals surface area contributed by atoms with Gasteiger partial charge in [-0.3, -0.25) is 0 Å². The first-order valence-corrected chi connectivity index (χ1v) is 6.99. The van der Waals surface area contributed by atoms with Gasteiger partial charge in [0.15, 0.2) is 9.84 Å². The first-order valence-electron chi connectivity index (χ1n) is 5.33. The van der Waals surface area contributed by atoms with Crippen LogP contribution in [0.25, 0.3) is 0 Å². The van der Waals surface area contributed by atoms with Crippen LogP contribution in [0.5, 0.6) is 0 Å². The molecule has 0 bridgehead atoms. The fourth-order valence-corrected chi connectivity index (χ4v) is 3.82. The van der Waals surface area contributed by atoms with Crippen LogP contribution in [-0.2, 0) is 9.84 Å². The van der Waals surface area contributed by atoms with Crippen LogP contribution in [0, 0.1) is 6.92 Å². The number of aryl methyl sites for hydroxylation is 1. The molecule has 1 atom stereocenters. The number of nitrogens with two attached hydrogens (primary N) is 1. The van der Waals surface area contributed by atoms with Crippen molar-refractivity contribution in [3.05, 3.63) is 23.8 Å². The Morgan fingerprint density at radius 3 is 2.94 bits per heavy atom. The van der Waals surface area contributed by atoms with Crippen molar-refractivity contribution in [2.75, 3.05) is 17.6 Å². The maximum Gasteiger partial charge on any atom is 0.182 e. The van der Waals surface area contributed by atoms with E-state index < -0.39 is 9.84 Å². The molecule has 16 heavy (non-hydrogen) atoms. The minimum atomic E-state index is -3.15. The summed E-state index contributed by atoms with van der Waals surface area (Å²) in [6, 6.07) is 5.27. The van der Waals surface area contributed by atoms with Gasteiger partial charge in [-0.05, 0) is 31.5 Å². The van der Waals surface area contributed by atoms with Crippen molar-refractivity contribution in [1.82, 2.24) is 0 Å². The Morgan fingerprint density at radius 2 is 2.25 bits per heavy atom. The van der Waals surface area contributed by atoms with Crippen LogP contribution in [0.4, 0.5) is 5.69 Å². The van der Waals surface area contributed by atoms with Gasteiger partial charge in [0.25, 0.3) is 0 Å². The van der Waals surface area contributed by atoms with Crippen LogP contribution in [0.2, 0.25) is 0 Å². The smallest absolute Gasteiger partial charge is 0.182 e. The molecule has 0 radical (unpaired) electrons. The number of para-hydroxylation sites is 1. The van der Waals surface area contributed by atoms with Crippen molar-refractivity contribution in [1.29, 1.82) is 0 Å². The van der Waals surface area contributed by atoms with E-state index in [1.807, 2.05) is 13.0 Å². The molecule has 5 heteroatoms. The van der Waals surface area contributed by atoms with Gasteiger partial charge in [-0.15, -0.1) is 0 Å². The molecule has 3 N–H and O–H groups in total. The lowest BCUT2D eigenvalue weighted by Crippen LogP contribution is -2.36. The van der Waals surface area contributed by atoms with E-state index in [4.69, 9.17) is 5.73 Å². The van der Waals surface area contributed by atoms with Crippen molar-refractivity contribution in [3.8, 4) is 0 Å². The second-order valence-electron chi connectivity index (χ2n) is 4.15. The highest BCUT2D eigenvalue weighted by Crippen LogP contribution is 2.31. The Bertz CT molecular complexity index is 497. The molecule has 0 fully saturated rings. The second-order valence-corrected chi connectivity index (χ2v) is 6.15. The Balaban J connectivity index is 2.48. The Hall–Kier alpha value is -1.07. The number of hydrogen-bond donors (Lipinski definition) is 2. The van der Waals surface area contributed by atoms with Gasteiger partial charge in [0.1, 0.15) is 0 Å². The number of fused-ring (bicyclic) bond motifs is 1. The zero-order valence-electron chi connectivity index (χ0n) is 9.23. The molecule has 0 spiro atoms. The summed E-state index contributed by atoms with van der Waals surface area (Å²) in [4.78, 5) is 0.417. The van der Waals surface area contributed by atoms with Gasteiger partial charge in [0.2, 0.25) is 0 Å². The number of nitrogens with one attached hydrogen (secondary N) is 1. The van der Waals surface area contributed by atoms with E-state index in [0.29, 0.717) is 17.9 Å². The largest absolute Gasteiger partial charge is 0.380 e. The minimum absolute atomic E-state index is 0.0661. The van der Waals surface area contributed by atoms with Crippen LogP contribution in [-0.4, -0.2) is 26.8 Å². The van der Waals surface area contributed by atoms with Crippen molar-refractivity contribution in [2.24, 2.45) is 5.73 Å². The summed E-state index contributed by atoms with van der Waals surface area (Å²) in [5.41, 5.74) is 7.17. The maximum absolute atomic E-state index is 12.0. The lowest BCUT2D eigenvalue weighted by Gasteiger charge is -2.27. The molecule has 2 rings (SSSR count). The van der Waals surface area contributed by atoms with E-state index >= 15 is 0 Å². The third kappa shape index (κ3) is 1.92. The van der Waals surface area contributed by atoms with E-state index in [-0.39, 0.29) is 11.8 Å². The average molecular weight is 240 g/mol. The minimum Gasteiger partial charge on any atom is -0.380 e. The highest BCUT2D eigenvalue weighted by atomic mass is 32.2. The van der Waals surface area contributed by atoms with E-state index in [0.717, 1.165) is 11.3 Å². The first-order chi connectivity index (χ1) is 7.54. The molecule has 0 saturated heterocycles. The summed E-state index contributed by atoms with van der Waals surface area (Å²) in [6.07, 6.45) is 0.674. The third-order valence-corrected chi connectivity index (χ3v) is 4.71. The van der Waals surface area contributed by atoms with Crippen LogP contribution in [0.1, 0.15) is 12.0 Å². The van der Waals surface area contributed by atoms with E-state index in [9.17, 15) is 8.42 Å². The molecule has 0 aromatic heterocycles. The summed E-state index contributed by atoms with van der Waals surface area (Å²) in [6.45, 7) is 2.40. The molecular formula is C11H16N2O2S. The van der Waals surface area contributed by atoms with Crippen molar-refractivity contribution in [2.45, 2.75) is 24.3 Å². The standard InChI is InChI=1S/C11H16N2O2S/c1-8-3-2-4-10-11(8)13-9(5-6-12)7-16(10,14)15/h2-4,9,13H,5-7,12H2,1H3. The van der Waals surface area contributed by atoms with Gasteiger partial charge < -0.3 is 11.1 Å². The van der Waals surface area contributed by atoms with Gasteiger partial charge in [0, 0.05) is 6.04 Å². The fourth-order valence-electron chi connectivity index (χ4n) is 2.04. The lowest BCUT2D eigenvalue weighted by atomic mass is 10.1. The predicted molar refractivity (Wildman–Crippen MR) is 64.3 cm³/mol. The molecule has 0 saturated carbocycles. The summed E-state index contributed by atoms with van der Waals surface area (Å²) >= 11 is 0. The quantitative estimate of drug-likeness (QED) is 0.806. The molecular weight excluding hydrogens is 224 g/mol. The van der Waals surface area contributed by atoms with Crippen LogP contribution >= 0.6 is 0 Å². The number of rotatable bonds is 2. The number of benzene rings is 1. The SMILES string of the molecule is Cc1cccc2c1NC(CCN)CS2(=O)=O. The zero-order chi connectivity index (χ0) is 11.8. The summed E-state index contributed by atoms with van der Waals surface area (Å²) in [7, 11) is -3.15. The first kappa shape index (κ1) is 11.4. The van der Waals surface area contributed by atoms with Gasteiger partial charge >= 0.3 is 0 Å². The summed E-state index contributed by atoms with van der Waals surface area (Å²) in [5, 5.41) is 3.26. The maximum atomic E-state index is 12.0. The molecule has 1 aromatic carbocycles. The van der Waals surface area contributed by atoms with Crippen LogP contribution in [0.3, 0.4) is 0 Å². The highest BCUT2D eigenvalue weighted by molar-refractivity contribution is 7.91. The fraction of sp³-hybridized carbons (Fsp3) is 0.455. The van der Waals surface area contributed by atoms with E-state index in [1.54, 1.807) is 12.1 Å². The number of sulfone groups is 1. The molecule has 1 aliphatic rings. The highest BCUT2D eigenvalue weighted by Gasteiger charge is 2.29. The monoisotopic (exact) mass is 240 g/mol. The molecule has 1 heterocycles. The van der Waals surface area contributed by atoms with Crippen molar-refractivity contribution in [3.63, 3.8) is 0 Å². The summed E-state index contributed by atoms with van der Waals surface area (Å²) < 4.78 is 24.1. The van der Waals surface area contributed by atoms with Gasteiger partial charge in [-0.1, -0.05) is 12.1 Å². The van der Waals surface area contributed by atoms with E-state index in [1.165, 1.54) is 0 Å². The lowest BCUT2D eigenvalue weighted by molar-refractivity contribution is 0.580. The van der Waals surface area contributed by atoms with Gasteiger partial charge in [0.05, 0.1) is 16.3 Å². The van der Waals surface area contributed by atoms with E-state index in [2.05, 4.69) is 5.32 Å². The Kier molecular flexibility index (Phi) is 2.90. The third-order valence-electron chi connectivity index (χ3n) is 2.85. The normalized spacial score (nSPS) is 22.2. The zero-order valence-corrected chi connectivity index (χ0v) is 10.0. The predicted octanol–water partition coefficient (Wildman–Crippen LogP) is 0.912. The van der Waals surface area contributed by atoms with Crippen LogP contribution < -0.4 is 11.1 Å².